The lowest BCUT2D eigenvalue weighted by atomic mass is 10.1. The van der Waals surface area contributed by atoms with Crippen LogP contribution in [0.4, 0.5) is 10.1 Å². The van der Waals surface area contributed by atoms with Gasteiger partial charge in [-0.05, 0) is 49.2 Å². The lowest BCUT2D eigenvalue weighted by Gasteiger charge is -2.20. The average Bonchev–Trinajstić information content (AvgIpc) is 3.27. The van der Waals surface area contributed by atoms with Gasteiger partial charge in [-0.25, -0.2) is 22.6 Å². The van der Waals surface area contributed by atoms with E-state index in [1.807, 2.05) is 24.4 Å². The predicted octanol–water partition coefficient (Wildman–Crippen LogP) is 3.71. The van der Waals surface area contributed by atoms with Crippen LogP contribution < -0.4 is 4.31 Å². The summed E-state index contributed by atoms with van der Waals surface area (Å²) in [6.45, 7) is 2.15. The molecule has 1 aliphatic heterocycles. The number of benzene rings is 2. The summed E-state index contributed by atoms with van der Waals surface area (Å²) >= 11 is 1.54. The van der Waals surface area contributed by atoms with Gasteiger partial charge in [0.15, 0.2) is 0 Å². The van der Waals surface area contributed by atoms with E-state index >= 15 is 0 Å². The molecule has 28 heavy (non-hydrogen) atoms. The summed E-state index contributed by atoms with van der Waals surface area (Å²) in [7, 11) is -4.01. The fraction of sp³-hybridized carbons (Fsp3) is 0.158. The van der Waals surface area contributed by atoms with E-state index in [1.165, 1.54) is 4.31 Å². The van der Waals surface area contributed by atoms with Gasteiger partial charge in [0.2, 0.25) is 0 Å². The fourth-order valence-electron chi connectivity index (χ4n) is 3.23. The van der Waals surface area contributed by atoms with Gasteiger partial charge in [0, 0.05) is 17.5 Å². The van der Waals surface area contributed by atoms with Crippen LogP contribution in [0.2, 0.25) is 0 Å². The number of nitrogens with zero attached hydrogens (tertiary/aromatic N) is 2. The van der Waals surface area contributed by atoms with Gasteiger partial charge in [0.1, 0.15) is 5.82 Å². The number of hydrogen-bond donors (Lipinski definition) is 1. The molecule has 0 saturated carbocycles. The Hall–Kier alpha value is -2.78. The van der Waals surface area contributed by atoms with E-state index in [0.29, 0.717) is 12.1 Å². The number of carboxylic acid groups (broad SMARTS) is 1. The van der Waals surface area contributed by atoms with Crippen LogP contribution in [0.3, 0.4) is 0 Å². The van der Waals surface area contributed by atoms with Gasteiger partial charge in [0.25, 0.3) is 10.0 Å². The molecule has 0 saturated heterocycles. The van der Waals surface area contributed by atoms with Crippen LogP contribution in [-0.4, -0.2) is 31.0 Å². The zero-order chi connectivity index (χ0) is 20.1. The van der Waals surface area contributed by atoms with Crippen molar-refractivity contribution in [1.29, 1.82) is 0 Å². The molecule has 0 aliphatic carbocycles. The number of anilines is 1. The first-order valence-electron chi connectivity index (χ1n) is 8.38. The van der Waals surface area contributed by atoms with Crippen LogP contribution in [-0.2, 0) is 16.4 Å². The van der Waals surface area contributed by atoms with Gasteiger partial charge in [-0.15, -0.1) is 11.3 Å². The molecule has 0 spiro atoms. The van der Waals surface area contributed by atoms with E-state index in [-0.39, 0.29) is 11.4 Å². The predicted molar refractivity (Wildman–Crippen MR) is 104 cm³/mol. The molecule has 0 unspecified atom stereocenters. The maximum atomic E-state index is 13.6. The van der Waals surface area contributed by atoms with Gasteiger partial charge in [-0.3, -0.25) is 4.31 Å². The second kappa shape index (κ2) is 6.68. The standard InChI is InChI=1S/C19H15FN2O4S2/c1-11-21-17(10-27-11)12-2-5-18-13(8-12)6-7-22(18)28(25,26)14-3-4-16(20)15(9-14)19(23)24/h2-5,8-10H,6-7H2,1H3,(H,23,24). The number of halogens is 1. The van der Waals surface area contributed by atoms with E-state index in [9.17, 15) is 17.6 Å². The number of hydrogen-bond acceptors (Lipinski definition) is 5. The van der Waals surface area contributed by atoms with Gasteiger partial charge in [-0.1, -0.05) is 6.07 Å². The summed E-state index contributed by atoms with van der Waals surface area (Å²) in [5.41, 5.74) is 2.49. The maximum Gasteiger partial charge on any atom is 0.338 e. The van der Waals surface area contributed by atoms with Gasteiger partial charge >= 0.3 is 5.97 Å². The zero-order valence-electron chi connectivity index (χ0n) is 14.7. The molecule has 0 fully saturated rings. The van der Waals surface area contributed by atoms with Crippen molar-refractivity contribution < 1.29 is 22.7 Å². The van der Waals surface area contributed by atoms with Crippen molar-refractivity contribution in [2.75, 3.05) is 10.8 Å². The number of aromatic carboxylic acids is 1. The summed E-state index contributed by atoms with van der Waals surface area (Å²) in [6, 6.07) is 8.27. The fourth-order valence-corrected chi connectivity index (χ4v) is 5.38. The molecular weight excluding hydrogens is 403 g/mol. The van der Waals surface area contributed by atoms with Crippen LogP contribution in [0.5, 0.6) is 0 Å². The molecule has 0 radical (unpaired) electrons. The Bertz CT molecular complexity index is 1200. The number of carboxylic acids is 1. The summed E-state index contributed by atoms with van der Waals surface area (Å²) in [5.74, 6) is -2.49. The highest BCUT2D eigenvalue weighted by Crippen LogP contribution is 2.36. The van der Waals surface area contributed by atoms with Crippen LogP contribution >= 0.6 is 11.3 Å². The topological polar surface area (TPSA) is 87.6 Å². The highest BCUT2D eigenvalue weighted by Gasteiger charge is 2.32. The molecule has 2 heterocycles. The molecule has 1 aromatic heterocycles. The average molecular weight is 418 g/mol. The van der Waals surface area contributed by atoms with E-state index in [0.717, 1.165) is 40.0 Å². The van der Waals surface area contributed by atoms with Crippen LogP contribution in [0.25, 0.3) is 11.3 Å². The van der Waals surface area contributed by atoms with Crippen molar-refractivity contribution in [3.63, 3.8) is 0 Å². The number of rotatable bonds is 4. The smallest absolute Gasteiger partial charge is 0.338 e. The third kappa shape index (κ3) is 3.06. The van der Waals surface area contributed by atoms with Gasteiger partial charge in [0.05, 0.1) is 26.8 Å². The zero-order valence-corrected chi connectivity index (χ0v) is 16.3. The van der Waals surface area contributed by atoms with Gasteiger partial charge < -0.3 is 5.11 Å². The normalized spacial score (nSPS) is 13.6. The number of sulfonamides is 1. The van der Waals surface area contributed by atoms with Crippen LogP contribution in [0, 0.1) is 12.7 Å². The van der Waals surface area contributed by atoms with E-state index in [2.05, 4.69) is 4.98 Å². The summed E-state index contributed by atoms with van der Waals surface area (Å²) in [4.78, 5) is 15.3. The third-order valence-electron chi connectivity index (χ3n) is 4.60. The quantitative estimate of drug-likeness (QED) is 0.698. The van der Waals surface area contributed by atoms with E-state index in [1.54, 1.807) is 17.4 Å². The van der Waals surface area contributed by atoms with Crippen molar-refractivity contribution in [3.8, 4) is 11.3 Å². The minimum atomic E-state index is -4.01. The SMILES string of the molecule is Cc1nc(-c2ccc3c(c2)CCN3S(=O)(=O)c2ccc(F)c(C(=O)O)c2)cs1. The molecule has 6 nitrogen and oxygen atoms in total. The number of fused-ring (bicyclic) bond motifs is 1. The first-order chi connectivity index (χ1) is 13.3. The molecule has 144 valence electrons. The Morgan fingerprint density at radius 3 is 2.71 bits per heavy atom. The molecule has 1 N–H and O–H groups in total. The summed E-state index contributed by atoms with van der Waals surface area (Å²) in [5, 5.41) is 12.0. The number of thiazole rings is 1. The van der Waals surface area contributed by atoms with Crippen molar-refractivity contribution in [2.24, 2.45) is 0 Å². The minimum Gasteiger partial charge on any atom is -0.478 e. The van der Waals surface area contributed by atoms with E-state index in [4.69, 9.17) is 5.11 Å². The molecule has 0 atom stereocenters. The third-order valence-corrected chi connectivity index (χ3v) is 7.19. The number of aromatic nitrogens is 1. The molecule has 3 aromatic rings. The first kappa shape index (κ1) is 18.6. The first-order valence-corrected chi connectivity index (χ1v) is 10.7. The van der Waals surface area contributed by atoms with Crippen molar-refractivity contribution in [3.05, 3.63) is 63.7 Å². The maximum absolute atomic E-state index is 13.6. The van der Waals surface area contributed by atoms with Crippen LogP contribution in [0.15, 0.2) is 46.7 Å². The monoisotopic (exact) mass is 418 g/mol. The molecule has 2 aromatic carbocycles. The number of carbonyl (C=O) groups is 1. The molecule has 1 aliphatic rings. The largest absolute Gasteiger partial charge is 0.478 e. The Morgan fingerprint density at radius 2 is 2.04 bits per heavy atom. The van der Waals surface area contributed by atoms with E-state index < -0.39 is 27.4 Å². The van der Waals surface area contributed by atoms with Crippen molar-refractivity contribution in [2.45, 2.75) is 18.2 Å². The Morgan fingerprint density at radius 1 is 1.25 bits per heavy atom. The Labute approximate surface area is 165 Å². The minimum absolute atomic E-state index is 0.233. The molecule has 9 heteroatoms. The van der Waals surface area contributed by atoms with Crippen molar-refractivity contribution in [1.82, 2.24) is 4.98 Å². The molecule has 0 amide bonds. The Kier molecular flexibility index (Phi) is 4.43. The van der Waals surface area contributed by atoms with Gasteiger partial charge in [-0.2, -0.15) is 0 Å². The molecule has 0 bridgehead atoms. The summed E-state index contributed by atoms with van der Waals surface area (Å²) < 4.78 is 41.0. The second-order valence-corrected chi connectivity index (χ2v) is 9.29. The molecular formula is C19H15FN2O4S2. The number of aryl methyl sites for hydroxylation is 1. The van der Waals surface area contributed by atoms with Crippen LogP contribution in [0.1, 0.15) is 20.9 Å². The highest BCUT2D eigenvalue weighted by molar-refractivity contribution is 7.92. The molecule has 4 rings (SSSR count). The highest BCUT2D eigenvalue weighted by atomic mass is 32.2. The second-order valence-electron chi connectivity index (χ2n) is 6.37. The van der Waals surface area contributed by atoms with Crippen molar-refractivity contribution >= 4 is 33.0 Å². The summed E-state index contributed by atoms with van der Waals surface area (Å²) in [6.07, 6.45) is 0.526. The Balaban J connectivity index is 1.72. The lowest BCUT2D eigenvalue weighted by molar-refractivity contribution is 0.0691. The lowest BCUT2D eigenvalue weighted by Crippen LogP contribution is -2.29.